The summed E-state index contributed by atoms with van der Waals surface area (Å²) in [5.41, 5.74) is 0. The quantitative estimate of drug-likeness (QED) is 0.756. The van der Waals surface area contributed by atoms with Gasteiger partial charge in [-0.1, -0.05) is 12.1 Å². The molecule has 0 saturated carbocycles. The molecule has 2 rings (SSSR count). The molecule has 7 nitrogen and oxygen atoms in total. The highest BCUT2D eigenvalue weighted by atomic mass is 32.2. The summed E-state index contributed by atoms with van der Waals surface area (Å²) >= 11 is 0. The highest BCUT2D eigenvalue weighted by molar-refractivity contribution is 7.89. The first-order chi connectivity index (χ1) is 11.4. The molecule has 0 bridgehead atoms. The summed E-state index contributed by atoms with van der Waals surface area (Å²) in [5, 5.41) is 8.54. The third kappa shape index (κ3) is 4.71. The normalized spacial score (nSPS) is 11.0. The smallest absolute Gasteiger partial charge is 0.304 e. The van der Waals surface area contributed by atoms with Crippen molar-refractivity contribution in [1.29, 1.82) is 0 Å². The molecule has 0 amide bonds. The van der Waals surface area contributed by atoms with Crippen molar-refractivity contribution < 1.29 is 27.8 Å². The SMILES string of the molecule is COc1ccccc1Oc1ccc(S(=O)(=O)NCCC(=O)O)cc1. The molecule has 2 aromatic rings. The molecule has 0 radical (unpaired) electrons. The van der Waals surface area contributed by atoms with Gasteiger partial charge in [-0.15, -0.1) is 0 Å². The van der Waals surface area contributed by atoms with Gasteiger partial charge in [-0.05, 0) is 36.4 Å². The van der Waals surface area contributed by atoms with Crippen molar-refractivity contribution in [3.8, 4) is 17.2 Å². The molecule has 0 aliphatic carbocycles. The average Bonchev–Trinajstić information content (AvgIpc) is 2.55. The van der Waals surface area contributed by atoms with E-state index in [-0.39, 0.29) is 17.9 Å². The zero-order valence-corrected chi connectivity index (χ0v) is 13.7. The van der Waals surface area contributed by atoms with Gasteiger partial charge in [-0.2, -0.15) is 0 Å². The minimum Gasteiger partial charge on any atom is -0.493 e. The van der Waals surface area contributed by atoms with Crippen LogP contribution in [0.3, 0.4) is 0 Å². The Labute approximate surface area is 139 Å². The van der Waals surface area contributed by atoms with E-state index >= 15 is 0 Å². The Hall–Kier alpha value is -2.58. The Morgan fingerprint density at radius 1 is 1.08 bits per heavy atom. The average molecular weight is 351 g/mol. The first-order valence-corrected chi connectivity index (χ1v) is 8.53. The molecule has 0 spiro atoms. The third-order valence-corrected chi connectivity index (χ3v) is 4.54. The molecule has 0 aliphatic rings. The van der Waals surface area contributed by atoms with E-state index in [9.17, 15) is 13.2 Å². The molecule has 8 heteroatoms. The molecule has 24 heavy (non-hydrogen) atoms. The van der Waals surface area contributed by atoms with Crippen LogP contribution in [-0.2, 0) is 14.8 Å². The lowest BCUT2D eigenvalue weighted by Crippen LogP contribution is -2.26. The number of hydrogen-bond acceptors (Lipinski definition) is 5. The molecule has 0 fully saturated rings. The first kappa shape index (κ1) is 17.8. The van der Waals surface area contributed by atoms with E-state index in [1.54, 1.807) is 18.2 Å². The molecule has 0 unspecified atom stereocenters. The van der Waals surface area contributed by atoms with Crippen LogP contribution in [0.5, 0.6) is 17.2 Å². The maximum atomic E-state index is 12.0. The minimum atomic E-state index is -3.75. The summed E-state index contributed by atoms with van der Waals surface area (Å²) in [5.74, 6) is 0.446. The number of methoxy groups -OCH3 is 1. The highest BCUT2D eigenvalue weighted by Gasteiger charge is 2.14. The van der Waals surface area contributed by atoms with Crippen LogP contribution in [0.15, 0.2) is 53.4 Å². The van der Waals surface area contributed by atoms with E-state index < -0.39 is 16.0 Å². The second-order valence-corrected chi connectivity index (χ2v) is 6.53. The van der Waals surface area contributed by atoms with Crippen molar-refractivity contribution in [3.05, 3.63) is 48.5 Å². The maximum absolute atomic E-state index is 12.0. The summed E-state index contributed by atoms with van der Waals surface area (Å²) in [7, 11) is -2.22. The Morgan fingerprint density at radius 2 is 1.71 bits per heavy atom. The number of carboxylic acids is 1. The van der Waals surface area contributed by atoms with Gasteiger partial charge in [0.15, 0.2) is 11.5 Å². The zero-order valence-electron chi connectivity index (χ0n) is 12.9. The third-order valence-electron chi connectivity index (χ3n) is 3.06. The number of aliphatic carboxylic acids is 1. The van der Waals surface area contributed by atoms with Crippen molar-refractivity contribution in [2.45, 2.75) is 11.3 Å². The number of nitrogens with one attached hydrogen (secondary N) is 1. The summed E-state index contributed by atoms with van der Waals surface area (Å²) in [6.45, 7) is -0.170. The van der Waals surface area contributed by atoms with Crippen LogP contribution in [-0.4, -0.2) is 33.1 Å². The first-order valence-electron chi connectivity index (χ1n) is 7.05. The van der Waals surface area contributed by atoms with Crippen LogP contribution < -0.4 is 14.2 Å². The second-order valence-electron chi connectivity index (χ2n) is 4.77. The number of rotatable bonds is 8. The molecule has 0 atom stereocenters. The lowest BCUT2D eigenvalue weighted by molar-refractivity contribution is -0.136. The molecule has 0 heterocycles. The van der Waals surface area contributed by atoms with Crippen LogP contribution >= 0.6 is 0 Å². The van der Waals surface area contributed by atoms with Crippen LogP contribution in [0.4, 0.5) is 0 Å². The second kappa shape index (κ2) is 7.80. The molecule has 128 valence electrons. The Bertz CT molecular complexity index is 802. The van der Waals surface area contributed by atoms with Gasteiger partial charge in [0.25, 0.3) is 0 Å². The Morgan fingerprint density at radius 3 is 2.29 bits per heavy atom. The summed E-state index contributed by atoms with van der Waals surface area (Å²) in [6.07, 6.45) is -0.284. The molecular weight excluding hydrogens is 334 g/mol. The topological polar surface area (TPSA) is 102 Å². The number of ether oxygens (including phenoxy) is 2. The van der Waals surface area contributed by atoms with Crippen molar-refractivity contribution in [1.82, 2.24) is 4.72 Å². The van der Waals surface area contributed by atoms with Gasteiger partial charge in [-0.25, -0.2) is 13.1 Å². The predicted molar refractivity (Wildman–Crippen MR) is 87.0 cm³/mol. The number of carboxylic acid groups (broad SMARTS) is 1. The largest absolute Gasteiger partial charge is 0.493 e. The van der Waals surface area contributed by atoms with Crippen LogP contribution in [0.2, 0.25) is 0 Å². The van der Waals surface area contributed by atoms with Gasteiger partial charge in [0.2, 0.25) is 10.0 Å². The molecule has 0 aromatic heterocycles. The van der Waals surface area contributed by atoms with Crippen LogP contribution in [0, 0.1) is 0 Å². The maximum Gasteiger partial charge on any atom is 0.304 e. The van der Waals surface area contributed by atoms with Gasteiger partial charge >= 0.3 is 5.97 Å². The van der Waals surface area contributed by atoms with Gasteiger partial charge in [0, 0.05) is 6.54 Å². The molecular formula is C16H17NO6S. The van der Waals surface area contributed by atoms with Crippen LogP contribution in [0.1, 0.15) is 6.42 Å². The van der Waals surface area contributed by atoms with Gasteiger partial charge in [0.05, 0.1) is 18.4 Å². The fourth-order valence-electron chi connectivity index (χ4n) is 1.89. The molecule has 0 aliphatic heterocycles. The number of hydrogen-bond donors (Lipinski definition) is 2. The van der Waals surface area contributed by atoms with E-state index in [4.69, 9.17) is 14.6 Å². The predicted octanol–water partition coefficient (Wildman–Crippen LogP) is 2.24. The summed E-state index contributed by atoms with van der Waals surface area (Å²) in [6, 6.07) is 12.9. The number of carbonyl (C=O) groups is 1. The molecule has 2 aromatic carbocycles. The molecule has 0 saturated heterocycles. The summed E-state index contributed by atoms with van der Waals surface area (Å²) in [4.78, 5) is 10.5. The van der Waals surface area contributed by atoms with E-state index in [1.165, 1.54) is 31.4 Å². The van der Waals surface area contributed by atoms with Crippen molar-refractivity contribution in [2.24, 2.45) is 0 Å². The van der Waals surface area contributed by atoms with Gasteiger partial charge in [-0.3, -0.25) is 4.79 Å². The van der Waals surface area contributed by atoms with E-state index in [0.29, 0.717) is 17.2 Å². The summed E-state index contributed by atoms with van der Waals surface area (Å²) < 4.78 is 37.1. The fraction of sp³-hybridized carbons (Fsp3) is 0.188. The van der Waals surface area contributed by atoms with Gasteiger partial charge in [0.1, 0.15) is 5.75 Å². The zero-order chi connectivity index (χ0) is 17.6. The van der Waals surface area contributed by atoms with Crippen LogP contribution in [0.25, 0.3) is 0 Å². The van der Waals surface area contributed by atoms with Gasteiger partial charge < -0.3 is 14.6 Å². The van der Waals surface area contributed by atoms with E-state index in [2.05, 4.69) is 4.72 Å². The van der Waals surface area contributed by atoms with E-state index in [1.807, 2.05) is 6.07 Å². The number of para-hydroxylation sites is 2. The minimum absolute atomic E-state index is 0.0280. The molecule has 2 N–H and O–H groups in total. The fourth-order valence-corrected chi connectivity index (χ4v) is 2.92. The lowest BCUT2D eigenvalue weighted by atomic mass is 10.3. The lowest BCUT2D eigenvalue weighted by Gasteiger charge is -2.10. The Kier molecular flexibility index (Phi) is 5.78. The number of sulfonamides is 1. The van der Waals surface area contributed by atoms with E-state index in [0.717, 1.165) is 0 Å². The van der Waals surface area contributed by atoms with Crippen molar-refractivity contribution >= 4 is 16.0 Å². The van der Waals surface area contributed by atoms with Crippen molar-refractivity contribution in [2.75, 3.05) is 13.7 Å². The number of benzene rings is 2. The Balaban J connectivity index is 2.08. The standard InChI is InChI=1S/C16H17NO6S/c1-22-14-4-2-3-5-15(14)23-12-6-8-13(9-7-12)24(20,21)17-11-10-16(18)19/h2-9,17H,10-11H2,1H3,(H,18,19). The monoisotopic (exact) mass is 351 g/mol. The van der Waals surface area contributed by atoms with Crippen molar-refractivity contribution in [3.63, 3.8) is 0 Å². The highest BCUT2D eigenvalue weighted by Crippen LogP contribution is 2.31.